The first-order valence-electron chi connectivity index (χ1n) is 7.76. The molecule has 0 aromatic heterocycles. The molecule has 0 radical (unpaired) electrons. The highest BCUT2D eigenvalue weighted by atomic mass is 79.9. The molecule has 2 aromatic rings. The maximum atomic E-state index is 12.4. The van der Waals surface area contributed by atoms with Gasteiger partial charge in [0.2, 0.25) is 0 Å². The molecule has 0 amide bonds. The molecule has 0 atom stereocenters. The van der Waals surface area contributed by atoms with Crippen LogP contribution < -0.4 is 16.2 Å². The lowest BCUT2D eigenvalue weighted by Crippen LogP contribution is -2.17. The summed E-state index contributed by atoms with van der Waals surface area (Å²) >= 11 is 12.3. The van der Waals surface area contributed by atoms with Crippen LogP contribution in [0.3, 0.4) is 0 Å². The van der Waals surface area contributed by atoms with Crippen LogP contribution in [-0.4, -0.2) is 28.3 Å². The van der Waals surface area contributed by atoms with Crippen molar-refractivity contribution in [1.82, 2.24) is 0 Å². The summed E-state index contributed by atoms with van der Waals surface area (Å²) in [5, 5.41) is 10.0. The van der Waals surface area contributed by atoms with E-state index in [-0.39, 0.29) is 27.4 Å². The van der Waals surface area contributed by atoms with Crippen molar-refractivity contribution < 1.29 is 19.4 Å². The minimum atomic E-state index is -0.402. The molecule has 2 aromatic carbocycles. The molecule has 0 fully saturated rings. The highest BCUT2D eigenvalue weighted by Crippen LogP contribution is 2.23. The third-order valence-electron chi connectivity index (χ3n) is 3.22. The van der Waals surface area contributed by atoms with E-state index in [9.17, 15) is 9.90 Å². The van der Waals surface area contributed by atoms with Crippen LogP contribution in [0.1, 0.15) is 21.5 Å². The number of methoxy groups -OCH3 is 1. The zero-order valence-corrected chi connectivity index (χ0v) is 18.4. The minimum absolute atomic E-state index is 0.0880. The SMILES string of the molecule is COC(N)=S.Cc1ccc(OC(N)=S)c(C(=O)C=C(O)c2ccc(Br)cc2)c1. The summed E-state index contributed by atoms with van der Waals surface area (Å²) in [4.78, 5) is 12.4. The fourth-order valence-electron chi connectivity index (χ4n) is 1.94. The van der Waals surface area contributed by atoms with Gasteiger partial charge in [-0.2, -0.15) is 0 Å². The highest BCUT2D eigenvalue weighted by Gasteiger charge is 2.13. The molecule has 0 saturated heterocycles. The molecule has 0 aliphatic heterocycles. The van der Waals surface area contributed by atoms with Crippen LogP contribution >= 0.6 is 40.4 Å². The van der Waals surface area contributed by atoms with Crippen molar-refractivity contribution in [2.75, 3.05) is 7.11 Å². The number of ketones is 1. The minimum Gasteiger partial charge on any atom is -0.507 e. The molecular formula is C19H19BrN2O4S2. The predicted molar refractivity (Wildman–Crippen MR) is 121 cm³/mol. The lowest BCUT2D eigenvalue weighted by molar-refractivity contribution is 0.104. The fourth-order valence-corrected chi connectivity index (χ4v) is 2.29. The number of aliphatic hydroxyl groups excluding tert-OH is 1. The Bertz CT molecular complexity index is 899. The van der Waals surface area contributed by atoms with E-state index in [1.165, 1.54) is 7.11 Å². The first kappa shape index (κ1) is 23.5. The monoisotopic (exact) mass is 482 g/mol. The third kappa shape index (κ3) is 8.03. The normalized spacial score (nSPS) is 10.3. The Labute approximate surface area is 182 Å². The molecule has 0 unspecified atom stereocenters. The van der Waals surface area contributed by atoms with Gasteiger partial charge < -0.3 is 26.0 Å². The van der Waals surface area contributed by atoms with Crippen LogP contribution in [0.5, 0.6) is 5.75 Å². The zero-order chi connectivity index (χ0) is 21.3. The van der Waals surface area contributed by atoms with Gasteiger partial charge in [0.1, 0.15) is 11.5 Å². The van der Waals surface area contributed by atoms with Crippen LogP contribution in [0, 0.1) is 6.92 Å². The van der Waals surface area contributed by atoms with E-state index in [2.05, 4.69) is 32.9 Å². The van der Waals surface area contributed by atoms with Crippen molar-refractivity contribution in [2.24, 2.45) is 11.5 Å². The summed E-state index contributed by atoms with van der Waals surface area (Å²) in [6, 6.07) is 12.0. The number of carbonyl (C=O) groups excluding carboxylic acids is 1. The van der Waals surface area contributed by atoms with Crippen LogP contribution in [0.4, 0.5) is 0 Å². The van der Waals surface area contributed by atoms with E-state index in [0.717, 1.165) is 16.1 Å². The zero-order valence-electron chi connectivity index (χ0n) is 15.1. The average molecular weight is 483 g/mol. The number of ether oxygens (including phenoxy) is 2. The number of allylic oxidation sites excluding steroid dienone is 1. The van der Waals surface area contributed by atoms with Crippen molar-refractivity contribution in [3.63, 3.8) is 0 Å². The van der Waals surface area contributed by atoms with E-state index >= 15 is 0 Å². The smallest absolute Gasteiger partial charge is 0.259 e. The van der Waals surface area contributed by atoms with E-state index in [1.807, 2.05) is 6.92 Å². The van der Waals surface area contributed by atoms with E-state index in [1.54, 1.807) is 42.5 Å². The number of halogens is 1. The molecule has 0 aliphatic rings. The van der Waals surface area contributed by atoms with Gasteiger partial charge in [-0.1, -0.05) is 39.7 Å². The summed E-state index contributed by atoms with van der Waals surface area (Å²) in [5.74, 6) is -0.279. The summed E-state index contributed by atoms with van der Waals surface area (Å²) in [7, 11) is 1.43. The largest absolute Gasteiger partial charge is 0.507 e. The molecule has 0 bridgehead atoms. The Hall–Kier alpha value is -2.49. The number of hydrogen-bond donors (Lipinski definition) is 3. The number of thiocarbonyl (C=S) groups is 2. The molecule has 0 aliphatic carbocycles. The molecule has 6 nitrogen and oxygen atoms in total. The maximum Gasteiger partial charge on any atom is 0.259 e. The molecule has 0 spiro atoms. The van der Waals surface area contributed by atoms with Crippen LogP contribution in [0.15, 0.2) is 53.0 Å². The van der Waals surface area contributed by atoms with Crippen LogP contribution in [0.25, 0.3) is 5.76 Å². The standard InChI is InChI=1S/C17H14BrNO3S.C2H5NOS/c1-10-2-7-16(22-17(19)23)13(8-10)15(21)9-14(20)11-3-5-12(18)6-4-11;1-4-2(3)5/h2-9,20H,1H3,(H2,19,23);1H3,(H2,3,5). The van der Waals surface area contributed by atoms with E-state index in [4.69, 9.17) is 28.4 Å². The Kier molecular flexibility index (Phi) is 9.57. The first-order chi connectivity index (χ1) is 13.1. The third-order valence-corrected chi connectivity index (χ3v) is 4.00. The molecule has 28 heavy (non-hydrogen) atoms. The highest BCUT2D eigenvalue weighted by molar-refractivity contribution is 9.10. The quantitative estimate of drug-likeness (QED) is 0.259. The molecule has 148 valence electrons. The van der Waals surface area contributed by atoms with Crippen LogP contribution in [0.2, 0.25) is 0 Å². The molecule has 0 saturated carbocycles. The molecule has 0 heterocycles. The lowest BCUT2D eigenvalue weighted by atomic mass is 10.0. The number of aliphatic hydroxyl groups is 1. The van der Waals surface area contributed by atoms with Gasteiger partial charge >= 0.3 is 0 Å². The van der Waals surface area contributed by atoms with Gasteiger partial charge in [0, 0.05) is 16.1 Å². The second-order valence-corrected chi connectivity index (χ2v) is 7.07. The van der Waals surface area contributed by atoms with Crippen LogP contribution in [-0.2, 0) is 4.74 Å². The Morgan fingerprint density at radius 3 is 2.18 bits per heavy atom. The van der Waals surface area contributed by atoms with Crippen molar-refractivity contribution in [3.8, 4) is 5.75 Å². The van der Waals surface area contributed by atoms with Gasteiger partial charge in [-0.25, -0.2) is 0 Å². The number of rotatable bonds is 4. The summed E-state index contributed by atoms with van der Waals surface area (Å²) in [6.07, 6.45) is 1.14. The fraction of sp³-hybridized carbons (Fsp3) is 0.105. The Morgan fingerprint density at radius 1 is 1.11 bits per heavy atom. The van der Waals surface area contributed by atoms with Crippen molar-refractivity contribution in [2.45, 2.75) is 6.92 Å². The Morgan fingerprint density at radius 2 is 1.68 bits per heavy atom. The first-order valence-corrected chi connectivity index (χ1v) is 9.37. The van der Waals surface area contributed by atoms with Gasteiger partial charge in [0.15, 0.2) is 5.78 Å². The molecular weight excluding hydrogens is 464 g/mol. The number of aryl methyl sites for hydroxylation is 1. The van der Waals surface area contributed by atoms with Gasteiger partial charge in [-0.05, 0) is 55.6 Å². The number of nitrogens with two attached hydrogens (primary N) is 2. The van der Waals surface area contributed by atoms with Gasteiger partial charge in [-0.15, -0.1) is 0 Å². The lowest BCUT2D eigenvalue weighted by Gasteiger charge is -2.09. The van der Waals surface area contributed by atoms with Gasteiger partial charge in [0.25, 0.3) is 10.3 Å². The molecule has 2 rings (SSSR count). The number of hydrogen-bond acceptors (Lipinski definition) is 6. The predicted octanol–water partition coefficient (Wildman–Crippen LogP) is 4.04. The van der Waals surface area contributed by atoms with Gasteiger partial charge in [0.05, 0.1) is 12.7 Å². The molecule has 5 N–H and O–H groups in total. The van der Waals surface area contributed by atoms with E-state index in [0.29, 0.717) is 5.56 Å². The summed E-state index contributed by atoms with van der Waals surface area (Å²) in [5.41, 5.74) is 11.9. The number of carbonyl (C=O) groups is 1. The number of benzene rings is 2. The maximum absolute atomic E-state index is 12.4. The molecule has 9 heteroatoms. The van der Waals surface area contributed by atoms with E-state index < -0.39 is 5.78 Å². The van der Waals surface area contributed by atoms with Gasteiger partial charge in [-0.3, -0.25) is 4.79 Å². The topological polar surface area (TPSA) is 108 Å². The Balaban J connectivity index is 0.000000696. The van der Waals surface area contributed by atoms with Crippen molar-refractivity contribution in [3.05, 3.63) is 69.7 Å². The summed E-state index contributed by atoms with van der Waals surface area (Å²) < 4.78 is 10.3. The summed E-state index contributed by atoms with van der Waals surface area (Å²) in [6.45, 7) is 1.85. The second-order valence-electron chi connectivity index (χ2n) is 5.34. The second kappa shape index (κ2) is 11.4. The average Bonchev–Trinajstić information content (AvgIpc) is 2.63. The van der Waals surface area contributed by atoms with Crippen molar-refractivity contribution >= 4 is 62.3 Å². The van der Waals surface area contributed by atoms with Crippen molar-refractivity contribution in [1.29, 1.82) is 0 Å².